The molecular weight excluding hydrogens is 338 g/mol. The van der Waals surface area contributed by atoms with E-state index in [2.05, 4.69) is 38.1 Å². The monoisotopic (exact) mass is 371 g/mol. The number of amides is 1. The minimum atomic E-state index is -0.620. The Labute approximate surface area is 162 Å². The van der Waals surface area contributed by atoms with Gasteiger partial charge in [-0.25, -0.2) is 0 Å². The Kier molecular flexibility index (Phi) is 4.74. The third-order valence-electron chi connectivity index (χ3n) is 6.91. The zero-order valence-electron chi connectivity index (χ0n) is 16.9. The lowest BCUT2D eigenvalue weighted by Crippen LogP contribution is -2.63. The number of aliphatic hydroxyl groups is 1. The van der Waals surface area contributed by atoms with Crippen LogP contribution in [0.15, 0.2) is 24.3 Å². The van der Waals surface area contributed by atoms with Crippen molar-refractivity contribution in [3.8, 4) is 5.75 Å². The van der Waals surface area contributed by atoms with Crippen molar-refractivity contribution in [2.24, 2.45) is 11.3 Å². The van der Waals surface area contributed by atoms with Crippen LogP contribution in [0.4, 0.5) is 0 Å². The number of rotatable bonds is 4. The molecule has 1 aliphatic heterocycles. The first-order valence-corrected chi connectivity index (χ1v) is 10.5. The highest BCUT2D eigenvalue weighted by molar-refractivity contribution is 5.81. The quantitative estimate of drug-likeness (QED) is 0.866. The van der Waals surface area contributed by atoms with Gasteiger partial charge in [-0.15, -0.1) is 0 Å². The molecule has 1 saturated heterocycles. The number of para-hydroxylation sites is 1. The number of ether oxygens (including phenoxy) is 1. The summed E-state index contributed by atoms with van der Waals surface area (Å²) in [5.41, 5.74) is 0.985. The van der Waals surface area contributed by atoms with Gasteiger partial charge >= 0.3 is 0 Å². The number of hydrogen-bond donors (Lipinski definition) is 1. The molecule has 0 bridgehead atoms. The number of hydrogen-bond acceptors (Lipinski definition) is 3. The van der Waals surface area contributed by atoms with Gasteiger partial charge in [0, 0.05) is 24.4 Å². The van der Waals surface area contributed by atoms with Crippen LogP contribution < -0.4 is 4.74 Å². The van der Waals surface area contributed by atoms with Gasteiger partial charge in [0.1, 0.15) is 5.75 Å². The fourth-order valence-electron chi connectivity index (χ4n) is 5.24. The van der Waals surface area contributed by atoms with Gasteiger partial charge in [-0.05, 0) is 63.0 Å². The first-order chi connectivity index (χ1) is 12.8. The summed E-state index contributed by atoms with van der Waals surface area (Å²) in [5.74, 6) is 1.81. The van der Waals surface area contributed by atoms with E-state index in [9.17, 15) is 9.90 Å². The van der Waals surface area contributed by atoms with Crippen LogP contribution in [0.3, 0.4) is 0 Å². The Bertz CT molecular complexity index is 687. The van der Waals surface area contributed by atoms with Crippen molar-refractivity contribution in [1.82, 2.24) is 4.90 Å². The molecule has 4 rings (SSSR count). The predicted octanol–water partition coefficient (Wildman–Crippen LogP) is 4.12. The lowest BCUT2D eigenvalue weighted by Gasteiger charge is -2.55. The van der Waals surface area contributed by atoms with E-state index < -0.39 is 5.60 Å². The molecule has 2 aliphatic carbocycles. The maximum absolute atomic E-state index is 12.5. The molecule has 148 valence electrons. The zero-order valence-corrected chi connectivity index (χ0v) is 16.9. The number of carbonyl (C=O) groups excluding carboxylic acids is 1. The standard InChI is InChI=1S/C23H33NO3/c1-16(2)19-6-4-5-7-20(19)27-18-8-10-23(11-9-18)14-24(15-23)21(25)17-12-22(3,26)13-17/h4-7,16-18,26H,8-15H2,1-3H3. The smallest absolute Gasteiger partial charge is 0.225 e. The van der Waals surface area contributed by atoms with Crippen molar-refractivity contribution in [2.45, 2.75) is 76.9 Å². The number of likely N-dealkylation sites (tertiary alicyclic amines) is 1. The van der Waals surface area contributed by atoms with Crippen LogP contribution in [0, 0.1) is 11.3 Å². The number of carbonyl (C=O) groups is 1. The number of nitrogens with zero attached hydrogens (tertiary/aromatic N) is 1. The normalized spacial score (nSPS) is 30.1. The molecule has 0 aromatic heterocycles. The second-order valence-corrected chi connectivity index (χ2v) is 9.81. The van der Waals surface area contributed by atoms with Crippen LogP contribution in [0.1, 0.15) is 70.8 Å². The van der Waals surface area contributed by atoms with Crippen molar-refractivity contribution < 1.29 is 14.6 Å². The third kappa shape index (κ3) is 3.73. The van der Waals surface area contributed by atoms with Crippen LogP contribution in [-0.4, -0.2) is 40.7 Å². The van der Waals surface area contributed by atoms with Crippen LogP contribution in [0.2, 0.25) is 0 Å². The Hall–Kier alpha value is -1.55. The summed E-state index contributed by atoms with van der Waals surface area (Å²) in [6.45, 7) is 8.05. The highest BCUT2D eigenvalue weighted by Gasteiger charge is 2.51. The number of benzene rings is 1. The van der Waals surface area contributed by atoms with Gasteiger partial charge in [-0.2, -0.15) is 0 Å². The fraction of sp³-hybridized carbons (Fsp3) is 0.696. The summed E-state index contributed by atoms with van der Waals surface area (Å²) in [4.78, 5) is 14.5. The molecule has 1 amide bonds. The first-order valence-electron chi connectivity index (χ1n) is 10.5. The molecule has 1 heterocycles. The lowest BCUT2D eigenvalue weighted by molar-refractivity contribution is -0.164. The van der Waals surface area contributed by atoms with Crippen molar-refractivity contribution in [3.63, 3.8) is 0 Å². The van der Waals surface area contributed by atoms with Crippen molar-refractivity contribution >= 4 is 5.91 Å². The van der Waals surface area contributed by atoms with E-state index in [-0.39, 0.29) is 11.8 Å². The van der Waals surface area contributed by atoms with Gasteiger partial charge < -0.3 is 14.7 Å². The SMILES string of the molecule is CC(C)c1ccccc1OC1CCC2(CC1)CN(C(=O)C1CC(C)(O)C1)C2. The summed E-state index contributed by atoms with van der Waals surface area (Å²) in [7, 11) is 0. The maximum Gasteiger partial charge on any atom is 0.225 e. The lowest BCUT2D eigenvalue weighted by atomic mass is 9.66. The Balaban J connectivity index is 1.26. The van der Waals surface area contributed by atoms with Gasteiger partial charge in [0.05, 0.1) is 11.7 Å². The van der Waals surface area contributed by atoms with E-state index in [1.807, 2.05) is 11.8 Å². The van der Waals surface area contributed by atoms with E-state index in [4.69, 9.17) is 4.74 Å². The second-order valence-electron chi connectivity index (χ2n) is 9.81. The Morgan fingerprint density at radius 3 is 2.41 bits per heavy atom. The summed E-state index contributed by atoms with van der Waals surface area (Å²) >= 11 is 0. The van der Waals surface area contributed by atoms with Gasteiger partial charge in [-0.1, -0.05) is 32.0 Å². The van der Waals surface area contributed by atoms with E-state index >= 15 is 0 Å². The average molecular weight is 372 g/mol. The van der Waals surface area contributed by atoms with Gasteiger partial charge in [0.25, 0.3) is 0 Å². The molecule has 1 aromatic carbocycles. The highest BCUT2D eigenvalue weighted by Crippen LogP contribution is 2.47. The molecule has 3 fully saturated rings. The molecule has 0 unspecified atom stereocenters. The van der Waals surface area contributed by atoms with Crippen LogP contribution in [0.25, 0.3) is 0 Å². The molecule has 2 saturated carbocycles. The van der Waals surface area contributed by atoms with Crippen LogP contribution in [-0.2, 0) is 4.79 Å². The summed E-state index contributed by atoms with van der Waals surface area (Å²) in [6, 6.07) is 8.40. The average Bonchev–Trinajstić information content (AvgIpc) is 2.58. The van der Waals surface area contributed by atoms with Crippen LogP contribution in [0.5, 0.6) is 5.75 Å². The van der Waals surface area contributed by atoms with E-state index in [0.717, 1.165) is 44.5 Å². The van der Waals surface area contributed by atoms with E-state index in [1.165, 1.54) is 5.56 Å². The van der Waals surface area contributed by atoms with Crippen LogP contribution >= 0.6 is 0 Å². The predicted molar refractivity (Wildman–Crippen MR) is 106 cm³/mol. The summed E-state index contributed by atoms with van der Waals surface area (Å²) in [5, 5.41) is 9.87. The van der Waals surface area contributed by atoms with E-state index in [1.54, 1.807) is 0 Å². The minimum absolute atomic E-state index is 0.0459. The molecule has 1 spiro atoms. The maximum atomic E-state index is 12.5. The van der Waals surface area contributed by atoms with Gasteiger partial charge in [0.15, 0.2) is 0 Å². The molecule has 4 nitrogen and oxygen atoms in total. The largest absolute Gasteiger partial charge is 0.490 e. The molecule has 27 heavy (non-hydrogen) atoms. The molecule has 0 atom stereocenters. The molecule has 4 heteroatoms. The first kappa shape index (κ1) is 18.8. The molecule has 3 aliphatic rings. The molecule has 1 aromatic rings. The summed E-state index contributed by atoms with van der Waals surface area (Å²) in [6.07, 6.45) is 5.99. The molecule has 0 radical (unpaired) electrons. The Morgan fingerprint density at radius 2 is 1.81 bits per heavy atom. The summed E-state index contributed by atoms with van der Waals surface area (Å²) < 4.78 is 6.36. The van der Waals surface area contributed by atoms with Crippen molar-refractivity contribution in [3.05, 3.63) is 29.8 Å². The minimum Gasteiger partial charge on any atom is -0.490 e. The molecular formula is C23H33NO3. The fourth-order valence-corrected chi connectivity index (χ4v) is 5.24. The van der Waals surface area contributed by atoms with E-state index in [0.29, 0.717) is 30.3 Å². The van der Waals surface area contributed by atoms with Gasteiger partial charge in [-0.3, -0.25) is 4.79 Å². The molecule has 1 N–H and O–H groups in total. The Morgan fingerprint density at radius 1 is 1.19 bits per heavy atom. The van der Waals surface area contributed by atoms with Crippen molar-refractivity contribution in [2.75, 3.05) is 13.1 Å². The van der Waals surface area contributed by atoms with Gasteiger partial charge in [0.2, 0.25) is 5.91 Å². The third-order valence-corrected chi connectivity index (χ3v) is 6.91. The topological polar surface area (TPSA) is 49.8 Å². The second kappa shape index (κ2) is 6.80. The van der Waals surface area contributed by atoms with Crippen molar-refractivity contribution in [1.29, 1.82) is 0 Å². The highest BCUT2D eigenvalue weighted by atomic mass is 16.5. The zero-order chi connectivity index (χ0) is 19.2.